The molecule has 0 fully saturated rings. The molecule has 3 aromatic carbocycles. The monoisotopic (exact) mass is 306 g/mol. The van der Waals surface area contributed by atoms with Gasteiger partial charge in [0.2, 0.25) is 0 Å². The number of aliphatic hydroxyl groups is 1. The zero-order valence-corrected chi connectivity index (χ0v) is 13.5. The van der Waals surface area contributed by atoms with Crippen molar-refractivity contribution in [1.82, 2.24) is 0 Å². The van der Waals surface area contributed by atoms with Crippen LogP contribution in [0, 0.1) is 0 Å². The summed E-state index contributed by atoms with van der Waals surface area (Å²) in [6.07, 6.45) is 5.89. The Morgan fingerprint density at radius 1 is 0.957 bits per heavy atom. The number of hydrogen-bond acceptors (Lipinski definition) is 2. The third-order valence-electron chi connectivity index (χ3n) is 4.72. The molecule has 0 aliphatic heterocycles. The van der Waals surface area contributed by atoms with Crippen molar-refractivity contribution in [3.05, 3.63) is 59.2 Å². The van der Waals surface area contributed by atoms with Crippen LogP contribution in [0.4, 0.5) is 0 Å². The molecule has 4 rings (SSSR count). The second-order valence-electron chi connectivity index (χ2n) is 5.95. The fourth-order valence-corrected chi connectivity index (χ4v) is 3.71. The van der Waals surface area contributed by atoms with Gasteiger partial charge in [0.05, 0.1) is 0 Å². The molecule has 0 atom stereocenters. The molecular weight excluding hydrogens is 284 g/mol. The summed E-state index contributed by atoms with van der Waals surface area (Å²) in [5.41, 5.74) is 4.35. The standard InChI is InChI=1S/C20H18O.CH4O/c21-13-2-1-4-14-7-8-17-10-9-15-5-3-6-16-11-12-18(14)20(17)19(15)16;1-2/h3,5-8,11-13H,1-2,4,9-10H2;2H,1H3. The minimum atomic E-state index is 0.655. The molecule has 1 N–H and O–H groups in total. The molecule has 0 saturated heterocycles. The van der Waals surface area contributed by atoms with E-state index in [0.717, 1.165) is 39.1 Å². The van der Waals surface area contributed by atoms with Gasteiger partial charge in [-0.2, -0.15) is 0 Å². The number of carbonyl (C=O) groups excluding carboxylic acids is 1. The second-order valence-corrected chi connectivity index (χ2v) is 5.95. The molecule has 0 unspecified atom stereocenters. The van der Waals surface area contributed by atoms with Gasteiger partial charge in [-0.25, -0.2) is 0 Å². The Balaban J connectivity index is 0.000000753. The Labute approximate surface area is 136 Å². The Morgan fingerprint density at radius 3 is 2.52 bits per heavy atom. The summed E-state index contributed by atoms with van der Waals surface area (Å²) in [4.78, 5) is 10.5. The van der Waals surface area contributed by atoms with Gasteiger partial charge in [0.15, 0.2) is 0 Å². The molecule has 3 aromatic rings. The van der Waals surface area contributed by atoms with E-state index in [2.05, 4.69) is 42.5 Å². The summed E-state index contributed by atoms with van der Waals surface area (Å²) in [6, 6.07) is 15.7. The van der Waals surface area contributed by atoms with Crippen LogP contribution in [0.3, 0.4) is 0 Å². The van der Waals surface area contributed by atoms with Crippen molar-refractivity contribution in [2.45, 2.75) is 32.1 Å². The molecule has 0 radical (unpaired) electrons. The number of carbonyl (C=O) groups is 1. The van der Waals surface area contributed by atoms with E-state index in [-0.39, 0.29) is 0 Å². The van der Waals surface area contributed by atoms with E-state index < -0.39 is 0 Å². The first kappa shape index (κ1) is 15.7. The lowest BCUT2D eigenvalue weighted by Gasteiger charge is -2.20. The normalized spacial score (nSPS) is 12.3. The number of aldehydes is 1. The summed E-state index contributed by atoms with van der Waals surface area (Å²) in [6.45, 7) is 0. The van der Waals surface area contributed by atoms with Crippen LogP contribution in [0.15, 0.2) is 42.5 Å². The third kappa shape index (κ3) is 2.75. The zero-order chi connectivity index (χ0) is 16.2. The van der Waals surface area contributed by atoms with E-state index in [1.165, 1.54) is 38.2 Å². The maximum atomic E-state index is 10.5. The quantitative estimate of drug-likeness (QED) is 0.445. The van der Waals surface area contributed by atoms with Gasteiger partial charge in [0.25, 0.3) is 0 Å². The maximum Gasteiger partial charge on any atom is 0.120 e. The summed E-state index contributed by atoms with van der Waals surface area (Å²) in [5, 5.41) is 12.6. The van der Waals surface area contributed by atoms with Gasteiger partial charge in [-0.3, -0.25) is 0 Å². The van der Waals surface area contributed by atoms with Crippen LogP contribution >= 0.6 is 0 Å². The summed E-state index contributed by atoms with van der Waals surface area (Å²) in [7, 11) is 1.00. The van der Waals surface area contributed by atoms with Gasteiger partial charge in [0.1, 0.15) is 6.29 Å². The van der Waals surface area contributed by atoms with Crippen molar-refractivity contribution >= 4 is 27.8 Å². The highest BCUT2D eigenvalue weighted by Crippen LogP contribution is 2.37. The van der Waals surface area contributed by atoms with Gasteiger partial charge >= 0.3 is 0 Å². The number of benzene rings is 3. The fourth-order valence-electron chi connectivity index (χ4n) is 3.71. The van der Waals surface area contributed by atoms with Crippen molar-refractivity contribution in [2.75, 3.05) is 7.11 Å². The predicted molar refractivity (Wildman–Crippen MR) is 96.0 cm³/mol. The Morgan fingerprint density at radius 2 is 1.74 bits per heavy atom. The lowest BCUT2D eigenvalue weighted by atomic mass is 9.84. The van der Waals surface area contributed by atoms with Crippen LogP contribution in [-0.4, -0.2) is 18.5 Å². The van der Waals surface area contributed by atoms with E-state index >= 15 is 0 Å². The fraction of sp³-hybridized carbons (Fsp3) is 0.286. The molecule has 2 heteroatoms. The number of aliphatic hydroxyl groups excluding tert-OH is 1. The van der Waals surface area contributed by atoms with Crippen molar-refractivity contribution in [3.8, 4) is 0 Å². The first-order valence-corrected chi connectivity index (χ1v) is 8.22. The Hall–Kier alpha value is -2.19. The summed E-state index contributed by atoms with van der Waals surface area (Å²) in [5.74, 6) is 0. The minimum Gasteiger partial charge on any atom is -0.400 e. The van der Waals surface area contributed by atoms with E-state index in [9.17, 15) is 4.79 Å². The van der Waals surface area contributed by atoms with E-state index in [4.69, 9.17) is 5.11 Å². The van der Waals surface area contributed by atoms with Crippen LogP contribution in [0.1, 0.15) is 29.5 Å². The second kappa shape index (κ2) is 6.93. The summed E-state index contributed by atoms with van der Waals surface area (Å²) >= 11 is 0. The van der Waals surface area contributed by atoms with Crippen molar-refractivity contribution in [2.24, 2.45) is 0 Å². The van der Waals surface area contributed by atoms with E-state index in [0.29, 0.717) is 6.42 Å². The van der Waals surface area contributed by atoms with Crippen LogP contribution in [0.25, 0.3) is 21.5 Å². The third-order valence-corrected chi connectivity index (χ3v) is 4.72. The number of rotatable bonds is 4. The SMILES string of the molecule is CO.O=CCCCc1ccc2c3c1ccc1cccc(c13)CC2. The van der Waals surface area contributed by atoms with Gasteiger partial charge in [-0.15, -0.1) is 0 Å². The molecule has 0 heterocycles. The molecule has 0 bridgehead atoms. The Bertz CT molecular complexity index is 849. The first-order chi connectivity index (χ1) is 11.4. The molecule has 1 aliphatic rings. The first-order valence-electron chi connectivity index (χ1n) is 8.22. The van der Waals surface area contributed by atoms with Crippen LogP contribution < -0.4 is 0 Å². The summed E-state index contributed by atoms with van der Waals surface area (Å²) < 4.78 is 0. The van der Waals surface area contributed by atoms with Crippen LogP contribution in [0.5, 0.6) is 0 Å². The molecule has 0 spiro atoms. The highest BCUT2D eigenvalue weighted by Gasteiger charge is 2.16. The topological polar surface area (TPSA) is 37.3 Å². The van der Waals surface area contributed by atoms with E-state index in [1.807, 2.05) is 0 Å². The van der Waals surface area contributed by atoms with Gasteiger partial charge in [-0.05, 0) is 63.9 Å². The van der Waals surface area contributed by atoms with Crippen molar-refractivity contribution in [3.63, 3.8) is 0 Å². The van der Waals surface area contributed by atoms with Crippen LogP contribution in [0.2, 0.25) is 0 Å². The lowest BCUT2D eigenvalue weighted by molar-refractivity contribution is -0.107. The number of aryl methyl sites for hydroxylation is 3. The average Bonchev–Trinajstić information content (AvgIpc) is 2.62. The molecule has 2 nitrogen and oxygen atoms in total. The highest BCUT2D eigenvalue weighted by molar-refractivity contribution is 6.12. The molecule has 0 aromatic heterocycles. The molecule has 0 amide bonds. The van der Waals surface area contributed by atoms with E-state index in [1.54, 1.807) is 0 Å². The van der Waals surface area contributed by atoms with Crippen LogP contribution in [-0.2, 0) is 24.1 Å². The molecular formula is C21H22O2. The Kier molecular flexibility index (Phi) is 4.73. The zero-order valence-electron chi connectivity index (χ0n) is 13.5. The largest absolute Gasteiger partial charge is 0.400 e. The highest BCUT2D eigenvalue weighted by atomic mass is 16.2. The van der Waals surface area contributed by atoms with Crippen molar-refractivity contribution < 1.29 is 9.90 Å². The minimum absolute atomic E-state index is 0.655. The number of hydrogen-bond donors (Lipinski definition) is 1. The molecule has 23 heavy (non-hydrogen) atoms. The maximum absolute atomic E-state index is 10.5. The predicted octanol–water partition coefficient (Wildman–Crippen LogP) is 4.22. The molecule has 0 saturated carbocycles. The molecule has 118 valence electrons. The molecule has 1 aliphatic carbocycles. The smallest absolute Gasteiger partial charge is 0.120 e. The van der Waals surface area contributed by atoms with Gasteiger partial charge < -0.3 is 9.90 Å². The van der Waals surface area contributed by atoms with Gasteiger partial charge in [0, 0.05) is 13.5 Å². The van der Waals surface area contributed by atoms with Gasteiger partial charge in [-0.1, -0.05) is 42.5 Å². The van der Waals surface area contributed by atoms with Crippen molar-refractivity contribution in [1.29, 1.82) is 0 Å². The number of unbranched alkanes of at least 4 members (excludes halogenated alkanes) is 1. The average molecular weight is 306 g/mol. The lowest BCUT2D eigenvalue weighted by Crippen LogP contribution is -2.02.